The van der Waals surface area contributed by atoms with E-state index in [0.717, 1.165) is 10.1 Å². The molecule has 4 rings (SSSR count). The van der Waals surface area contributed by atoms with Crippen molar-refractivity contribution in [3.05, 3.63) is 81.9 Å². The number of nitrogens with zero attached hydrogens (tertiary/aromatic N) is 5. The largest absolute Gasteiger partial charge is 0.459 e. The van der Waals surface area contributed by atoms with Crippen molar-refractivity contribution in [3.8, 4) is 5.69 Å². The minimum absolute atomic E-state index is 0.0632. The van der Waals surface area contributed by atoms with Gasteiger partial charge in [0.1, 0.15) is 19.5 Å². The summed E-state index contributed by atoms with van der Waals surface area (Å²) >= 11 is 5.89. The van der Waals surface area contributed by atoms with Crippen LogP contribution < -0.4 is 5.56 Å². The Morgan fingerprint density at radius 3 is 2.57 bits per heavy atom. The first-order valence-corrected chi connectivity index (χ1v) is 8.76. The second-order valence-electron chi connectivity index (χ2n) is 5.97. The van der Waals surface area contributed by atoms with Gasteiger partial charge in [-0.2, -0.15) is 4.68 Å². The normalized spacial score (nSPS) is 10.9. The molecule has 9 heteroatoms. The van der Waals surface area contributed by atoms with Crippen LogP contribution in [-0.2, 0) is 22.7 Å². The van der Waals surface area contributed by atoms with Gasteiger partial charge in [0.05, 0.1) is 5.69 Å². The van der Waals surface area contributed by atoms with E-state index < -0.39 is 11.5 Å². The van der Waals surface area contributed by atoms with Crippen molar-refractivity contribution in [1.29, 1.82) is 0 Å². The lowest BCUT2D eigenvalue weighted by Gasteiger charge is -2.07. The van der Waals surface area contributed by atoms with Gasteiger partial charge in [-0.05, 0) is 29.8 Å². The predicted molar refractivity (Wildman–Crippen MR) is 102 cm³/mol. The molecule has 0 amide bonds. The number of ether oxygens (including phenoxy) is 1. The number of carbonyl (C=O) groups excluding carboxylic acids is 1. The maximum atomic E-state index is 12.6. The van der Waals surface area contributed by atoms with Gasteiger partial charge in [0, 0.05) is 5.02 Å². The minimum atomic E-state index is -0.544. The molecule has 8 nitrogen and oxygen atoms in total. The Hall–Kier alpha value is -3.52. The third kappa shape index (κ3) is 3.63. The Balaban J connectivity index is 1.54. The molecule has 0 aliphatic carbocycles. The average Bonchev–Trinajstić information content (AvgIpc) is 3.15. The summed E-state index contributed by atoms with van der Waals surface area (Å²) in [5, 5.41) is 8.48. The summed E-state index contributed by atoms with van der Waals surface area (Å²) < 4.78 is 7.79. The van der Waals surface area contributed by atoms with Crippen molar-refractivity contribution < 1.29 is 9.53 Å². The molecular formula is C19H14ClN5O3. The maximum Gasteiger partial charge on any atom is 0.326 e. The molecule has 0 spiro atoms. The van der Waals surface area contributed by atoms with Crippen LogP contribution in [0.5, 0.6) is 0 Å². The van der Waals surface area contributed by atoms with Gasteiger partial charge in [-0.1, -0.05) is 47.1 Å². The number of hydrogen-bond acceptors (Lipinski definition) is 6. The SMILES string of the molecule is O=C(Cn1cnc2c(nnn2-c2ccc(Cl)cc2)c1=O)OCc1ccccc1. The summed E-state index contributed by atoms with van der Waals surface area (Å²) in [6, 6.07) is 16.2. The smallest absolute Gasteiger partial charge is 0.326 e. The fraction of sp³-hybridized carbons (Fsp3) is 0.105. The van der Waals surface area contributed by atoms with E-state index >= 15 is 0 Å². The van der Waals surface area contributed by atoms with E-state index in [1.54, 1.807) is 24.3 Å². The van der Waals surface area contributed by atoms with Crippen LogP contribution in [0.1, 0.15) is 5.56 Å². The predicted octanol–water partition coefficient (Wildman–Crippen LogP) is 2.37. The second-order valence-corrected chi connectivity index (χ2v) is 6.41. The van der Waals surface area contributed by atoms with Crippen LogP contribution >= 0.6 is 11.6 Å². The van der Waals surface area contributed by atoms with Crippen molar-refractivity contribution >= 4 is 28.7 Å². The Morgan fingerprint density at radius 1 is 1.07 bits per heavy atom. The number of halogens is 1. The Labute approximate surface area is 164 Å². The molecule has 0 aliphatic rings. The van der Waals surface area contributed by atoms with Gasteiger partial charge in [-0.25, -0.2) is 4.98 Å². The van der Waals surface area contributed by atoms with E-state index in [2.05, 4.69) is 15.3 Å². The summed E-state index contributed by atoms with van der Waals surface area (Å²) in [7, 11) is 0. The van der Waals surface area contributed by atoms with Gasteiger partial charge in [0.2, 0.25) is 0 Å². The van der Waals surface area contributed by atoms with Crippen LogP contribution in [-0.4, -0.2) is 30.5 Å². The minimum Gasteiger partial charge on any atom is -0.459 e. The van der Waals surface area contributed by atoms with Gasteiger partial charge in [-0.15, -0.1) is 5.10 Å². The molecule has 0 atom stereocenters. The van der Waals surface area contributed by atoms with Gasteiger partial charge >= 0.3 is 5.97 Å². The molecular weight excluding hydrogens is 382 g/mol. The van der Waals surface area contributed by atoms with Crippen LogP contribution in [0.3, 0.4) is 0 Å². The zero-order valence-corrected chi connectivity index (χ0v) is 15.3. The molecule has 0 bridgehead atoms. The van der Waals surface area contributed by atoms with Gasteiger partial charge in [0.25, 0.3) is 5.56 Å². The molecule has 4 aromatic rings. The Bertz CT molecular complexity index is 1190. The Kier molecular flexibility index (Phi) is 4.86. The topological polar surface area (TPSA) is 91.9 Å². The Morgan fingerprint density at radius 2 is 1.82 bits per heavy atom. The first-order chi connectivity index (χ1) is 13.6. The van der Waals surface area contributed by atoms with Gasteiger partial charge < -0.3 is 4.74 Å². The van der Waals surface area contributed by atoms with E-state index in [1.165, 1.54) is 11.0 Å². The first-order valence-electron chi connectivity index (χ1n) is 8.38. The lowest BCUT2D eigenvalue weighted by Crippen LogP contribution is -2.26. The number of fused-ring (bicyclic) bond motifs is 1. The van der Waals surface area contributed by atoms with Crippen molar-refractivity contribution in [1.82, 2.24) is 24.5 Å². The molecule has 2 aromatic heterocycles. The quantitative estimate of drug-likeness (QED) is 0.482. The van der Waals surface area contributed by atoms with Crippen molar-refractivity contribution in [2.24, 2.45) is 0 Å². The standard InChI is InChI=1S/C19H14ClN5O3/c20-14-6-8-15(9-7-14)25-18-17(22-23-25)19(27)24(12-21-18)10-16(26)28-11-13-4-2-1-3-5-13/h1-9,12H,10-11H2. The van der Waals surface area contributed by atoms with E-state index in [1.807, 2.05) is 30.3 Å². The summed E-state index contributed by atoms with van der Waals surface area (Å²) in [4.78, 5) is 28.9. The van der Waals surface area contributed by atoms with Gasteiger partial charge in [-0.3, -0.25) is 14.2 Å². The third-order valence-electron chi connectivity index (χ3n) is 4.04. The van der Waals surface area contributed by atoms with E-state index in [0.29, 0.717) is 16.4 Å². The molecule has 0 N–H and O–H groups in total. The van der Waals surface area contributed by atoms with Crippen molar-refractivity contribution in [2.45, 2.75) is 13.2 Å². The molecule has 2 heterocycles. The number of benzene rings is 2. The molecule has 0 fully saturated rings. The van der Waals surface area contributed by atoms with Crippen molar-refractivity contribution in [3.63, 3.8) is 0 Å². The third-order valence-corrected chi connectivity index (χ3v) is 4.29. The number of aromatic nitrogens is 5. The highest BCUT2D eigenvalue weighted by Gasteiger charge is 2.15. The zero-order chi connectivity index (χ0) is 19.5. The monoisotopic (exact) mass is 395 g/mol. The average molecular weight is 396 g/mol. The molecule has 0 radical (unpaired) electrons. The van der Waals surface area contributed by atoms with E-state index in [9.17, 15) is 9.59 Å². The molecule has 0 aliphatic heterocycles. The number of esters is 1. The number of rotatable bonds is 5. The van der Waals surface area contributed by atoms with Crippen molar-refractivity contribution in [2.75, 3.05) is 0 Å². The molecule has 28 heavy (non-hydrogen) atoms. The van der Waals surface area contributed by atoms with E-state index in [-0.39, 0.29) is 18.7 Å². The molecule has 0 saturated carbocycles. The lowest BCUT2D eigenvalue weighted by molar-refractivity contribution is -0.145. The molecule has 0 unspecified atom stereocenters. The fourth-order valence-corrected chi connectivity index (χ4v) is 2.76. The highest BCUT2D eigenvalue weighted by molar-refractivity contribution is 6.30. The highest BCUT2D eigenvalue weighted by Crippen LogP contribution is 2.15. The fourth-order valence-electron chi connectivity index (χ4n) is 2.64. The maximum absolute atomic E-state index is 12.6. The van der Waals surface area contributed by atoms with Gasteiger partial charge in [0.15, 0.2) is 11.2 Å². The van der Waals surface area contributed by atoms with Crippen LogP contribution in [0.4, 0.5) is 0 Å². The number of hydrogen-bond donors (Lipinski definition) is 0. The summed E-state index contributed by atoms with van der Waals surface area (Å²) in [5.41, 5.74) is 1.41. The summed E-state index contributed by atoms with van der Waals surface area (Å²) in [5.74, 6) is -0.544. The zero-order valence-electron chi connectivity index (χ0n) is 14.5. The number of carbonyl (C=O) groups is 1. The van der Waals surface area contributed by atoms with Crippen LogP contribution in [0.15, 0.2) is 65.7 Å². The second kappa shape index (κ2) is 7.61. The van der Waals surface area contributed by atoms with Crippen LogP contribution in [0, 0.1) is 0 Å². The summed E-state index contributed by atoms with van der Waals surface area (Å²) in [6.07, 6.45) is 1.28. The first kappa shape index (κ1) is 17.9. The van der Waals surface area contributed by atoms with Crippen LogP contribution in [0.25, 0.3) is 16.9 Å². The lowest BCUT2D eigenvalue weighted by atomic mass is 10.2. The highest BCUT2D eigenvalue weighted by atomic mass is 35.5. The molecule has 140 valence electrons. The molecule has 2 aromatic carbocycles. The molecule has 0 saturated heterocycles. The summed E-state index contributed by atoms with van der Waals surface area (Å²) in [6.45, 7) is -0.126. The van der Waals surface area contributed by atoms with Crippen LogP contribution in [0.2, 0.25) is 5.02 Å². The van der Waals surface area contributed by atoms with E-state index in [4.69, 9.17) is 16.3 Å².